The Kier molecular flexibility index (Phi) is 5.52. The fourth-order valence-corrected chi connectivity index (χ4v) is 3.64. The Labute approximate surface area is 128 Å². The van der Waals surface area contributed by atoms with Gasteiger partial charge in [0.05, 0.1) is 5.60 Å². The number of halogens is 1. The van der Waals surface area contributed by atoms with Gasteiger partial charge in [-0.25, -0.2) is 0 Å². The van der Waals surface area contributed by atoms with E-state index in [1.54, 1.807) is 19.3 Å². The molecule has 3 nitrogen and oxygen atoms in total. The predicted octanol–water partition coefficient (Wildman–Crippen LogP) is 2.99. The number of methoxy groups -OCH3 is 1. The van der Waals surface area contributed by atoms with Crippen molar-refractivity contribution in [2.75, 3.05) is 25.2 Å². The van der Waals surface area contributed by atoms with Crippen molar-refractivity contribution < 1.29 is 9.53 Å². The Morgan fingerprint density at radius 2 is 2.35 bits per heavy atom. The summed E-state index contributed by atoms with van der Waals surface area (Å²) in [7, 11) is 1.71. The van der Waals surface area contributed by atoms with Gasteiger partial charge in [0.1, 0.15) is 0 Å². The lowest BCUT2D eigenvalue weighted by molar-refractivity contribution is -0.117. The van der Waals surface area contributed by atoms with Crippen LogP contribution in [0.25, 0.3) is 6.08 Å². The fraction of sp³-hybridized carbons (Fsp3) is 0.400. The Morgan fingerprint density at radius 3 is 3.00 bits per heavy atom. The number of rotatable bonds is 5. The van der Waals surface area contributed by atoms with Crippen LogP contribution in [0.5, 0.6) is 0 Å². The Bertz CT molecular complexity index is 498. The predicted molar refractivity (Wildman–Crippen MR) is 85.2 cm³/mol. The van der Waals surface area contributed by atoms with Gasteiger partial charge in [-0.15, -0.1) is 0 Å². The molecule has 1 heterocycles. The maximum atomic E-state index is 11.8. The van der Waals surface area contributed by atoms with E-state index in [-0.39, 0.29) is 11.5 Å². The molecule has 0 saturated carbocycles. The third kappa shape index (κ3) is 4.01. The van der Waals surface area contributed by atoms with Crippen molar-refractivity contribution in [1.82, 2.24) is 5.32 Å². The zero-order chi connectivity index (χ0) is 14.4. The van der Waals surface area contributed by atoms with Gasteiger partial charge in [-0.1, -0.05) is 29.8 Å². The van der Waals surface area contributed by atoms with Crippen molar-refractivity contribution in [3.8, 4) is 0 Å². The number of carbonyl (C=O) groups is 1. The summed E-state index contributed by atoms with van der Waals surface area (Å²) in [5.41, 5.74) is 0.626. The summed E-state index contributed by atoms with van der Waals surface area (Å²) in [4.78, 5) is 11.8. The molecule has 108 valence electrons. The molecule has 0 aromatic heterocycles. The average molecular weight is 312 g/mol. The molecule has 1 aliphatic heterocycles. The number of benzene rings is 1. The van der Waals surface area contributed by atoms with Crippen LogP contribution in [0.15, 0.2) is 30.3 Å². The van der Waals surface area contributed by atoms with Crippen LogP contribution in [0.4, 0.5) is 0 Å². The average Bonchev–Trinajstić information content (AvgIpc) is 2.94. The third-order valence-electron chi connectivity index (χ3n) is 3.40. The quantitative estimate of drug-likeness (QED) is 0.850. The number of hydrogen-bond donors (Lipinski definition) is 1. The molecule has 1 N–H and O–H groups in total. The molecule has 2 rings (SSSR count). The van der Waals surface area contributed by atoms with Crippen molar-refractivity contribution in [2.45, 2.75) is 12.0 Å². The summed E-state index contributed by atoms with van der Waals surface area (Å²) >= 11 is 7.88. The number of hydrogen-bond acceptors (Lipinski definition) is 3. The minimum Gasteiger partial charge on any atom is -0.376 e. The van der Waals surface area contributed by atoms with E-state index < -0.39 is 0 Å². The number of carbonyl (C=O) groups excluding carboxylic acids is 1. The van der Waals surface area contributed by atoms with Crippen LogP contribution in [0, 0.1) is 0 Å². The van der Waals surface area contributed by atoms with Gasteiger partial charge in [-0.05, 0) is 29.9 Å². The minimum atomic E-state index is -0.210. The molecule has 0 bridgehead atoms. The van der Waals surface area contributed by atoms with Gasteiger partial charge in [0.2, 0.25) is 5.91 Å². The highest BCUT2D eigenvalue weighted by Crippen LogP contribution is 2.30. The molecule has 0 aliphatic carbocycles. The van der Waals surface area contributed by atoms with Crippen molar-refractivity contribution in [3.63, 3.8) is 0 Å². The zero-order valence-electron chi connectivity index (χ0n) is 11.4. The molecule has 1 atom stereocenters. The molecular formula is C15H18ClNO2S. The third-order valence-corrected chi connectivity index (χ3v) is 4.97. The monoisotopic (exact) mass is 311 g/mol. The maximum Gasteiger partial charge on any atom is 0.244 e. The molecule has 1 aromatic carbocycles. The first-order valence-corrected chi connectivity index (χ1v) is 8.02. The topological polar surface area (TPSA) is 38.3 Å². The first-order chi connectivity index (χ1) is 9.65. The van der Waals surface area contributed by atoms with Crippen LogP contribution >= 0.6 is 23.4 Å². The highest BCUT2D eigenvalue weighted by molar-refractivity contribution is 7.99. The van der Waals surface area contributed by atoms with Crippen molar-refractivity contribution >= 4 is 35.3 Å². The second-order valence-electron chi connectivity index (χ2n) is 4.76. The second kappa shape index (κ2) is 7.16. The van der Waals surface area contributed by atoms with Crippen molar-refractivity contribution in [1.29, 1.82) is 0 Å². The zero-order valence-corrected chi connectivity index (χ0v) is 13.0. The van der Waals surface area contributed by atoms with E-state index in [1.165, 1.54) is 6.08 Å². The highest BCUT2D eigenvalue weighted by atomic mass is 35.5. The van der Waals surface area contributed by atoms with Gasteiger partial charge in [0.15, 0.2) is 0 Å². The van der Waals surface area contributed by atoms with Gasteiger partial charge in [-0.3, -0.25) is 4.79 Å². The Morgan fingerprint density at radius 1 is 1.55 bits per heavy atom. The number of amides is 1. The molecule has 5 heteroatoms. The molecule has 20 heavy (non-hydrogen) atoms. The molecule has 1 aromatic rings. The van der Waals surface area contributed by atoms with Crippen LogP contribution in [-0.2, 0) is 9.53 Å². The molecule has 1 fully saturated rings. The largest absolute Gasteiger partial charge is 0.376 e. The molecule has 1 saturated heterocycles. The summed E-state index contributed by atoms with van der Waals surface area (Å²) < 4.78 is 5.55. The van der Waals surface area contributed by atoms with Crippen molar-refractivity contribution in [3.05, 3.63) is 40.9 Å². The summed E-state index contributed by atoms with van der Waals surface area (Å²) in [5, 5.41) is 3.54. The van der Waals surface area contributed by atoms with E-state index in [4.69, 9.17) is 16.3 Å². The van der Waals surface area contributed by atoms with E-state index in [0.29, 0.717) is 11.6 Å². The molecule has 0 radical (unpaired) electrons. The smallest absolute Gasteiger partial charge is 0.244 e. The summed E-state index contributed by atoms with van der Waals surface area (Å²) in [6, 6.07) is 7.42. The van der Waals surface area contributed by atoms with Crippen LogP contribution in [-0.4, -0.2) is 36.7 Å². The number of thioether (sulfide) groups is 1. The van der Waals surface area contributed by atoms with Gasteiger partial charge in [0.25, 0.3) is 0 Å². The Balaban J connectivity index is 1.88. The first kappa shape index (κ1) is 15.4. The molecule has 0 spiro atoms. The maximum absolute atomic E-state index is 11.8. The van der Waals surface area contributed by atoms with Gasteiger partial charge >= 0.3 is 0 Å². The van der Waals surface area contributed by atoms with Crippen LogP contribution in [0.2, 0.25) is 5.02 Å². The minimum absolute atomic E-state index is 0.127. The SMILES string of the molecule is COC1(CNC(=O)/C=C/c2ccccc2Cl)CCSC1. The lowest BCUT2D eigenvalue weighted by Crippen LogP contribution is -2.44. The highest BCUT2D eigenvalue weighted by Gasteiger charge is 2.34. The summed E-state index contributed by atoms with van der Waals surface area (Å²) in [6.07, 6.45) is 4.20. The standard InChI is InChI=1S/C15H18ClNO2S/c1-19-15(8-9-20-11-15)10-17-14(18)7-6-12-4-2-3-5-13(12)16/h2-7H,8-11H2,1H3,(H,17,18)/b7-6+. The molecular weight excluding hydrogens is 294 g/mol. The summed E-state index contributed by atoms with van der Waals surface area (Å²) in [5.74, 6) is 1.88. The molecule has 1 unspecified atom stereocenters. The summed E-state index contributed by atoms with van der Waals surface area (Å²) in [6.45, 7) is 0.544. The van der Waals surface area contributed by atoms with E-state index >= 15 is 0 Å². The van der Waals surface area contributed by atoms with Crippen LogP contribution in [0.3, 0.4) is 0 Å². The van der Waals surface area contributed by atoms with E-state index in [0.717, 1.165) is 23.5 Å². The Hall–Kier alpha value is -0.970. The molecule has 1 amide bonds. The number of ether oxygens (including phenoxy) is 1. The lowest BCUT2D eigenvalue weighted by Gasteiger charge is -2.26. The van der Waals surface area contributed by atoms with Crippen LogP contribution < -0.4 is 5.32 Å². The van der Waals surface area contributed by atoms with Crippen molar-refractivity contribution in [2.24, 2.45) is 0 Å². The van der Waals surface area contributed by atoms with E-state index in [9.17, 15) is 4.79 Å². The molecule has 1 aliphatic rings. The number of nitrogens with one attached hydrogen (secondary N) is 1. The lowest BCUT2D eigenvalue weighted by atomic mass is 10.0. The second-order valence-corrected chi connectivity index (χ2v) is 6.27. The van der Waals surface area contributed by atoms with Gasteiger partial charge in [-0.2, -0.15) is 11.8 Å². The first-order valence-electron chi connectivity index (χ1n) is 6.49. The van der Waals surface area contributed by atoms with Gasteiger partial charge < -0.3 is 10.1 Å². The van der Waals surface area contributed by atoms with Crippen LogP contribution in [0.1, 0.15) is 12.0 Å². The van der Waals surface area contributed by atoms with Gasteiger partial charge in [0, 0.05) is 30.5 Å². The van der Waals surface area contributed by atoms with E-state index in [2.05, 4.69) is 5.32 Å². The van der Waals surface area contributed by atoms with E-state index in [1.807, 2.05) is 30.0 Å². The fourth-order valence-electron chi connectivity index (χ4n) is 2.04. The normalized spacial score (nSPS) is 22.3.